The predicted octanol–water partition coefficient (Wildman–Crippen LogP) is 3.34. The topological polar surface area (TPSA) is 101 Å². The van der Waals surface area contributed by atoms with E-state index in [9.17, 15) is 9.90 Å². The zero-order valence-corrected chi connectivity index (χ0v) is 17.5. The highest BCUT2D eigenvalue weighted by molar-refractivity contribution is 6.29. The number of halogens is 1. The van der Waals surface area contributed by atoms with Crippen LogP contribution in [0, 0.1) is 5.92 Å². The Morgan fingerprint density at radius 1 is 1.43 bits per heavy atom. The summed E-state index contributed by atoms with van der Waals surface area (Å²) in [6.07, 6.45) is 1.83. The van der Waals surface area contributed by atoms with Crippen LogP contribution in [0.3, 0.4) is 0 Å². The second-order valence-corrected chi connectivity index (χ2v) is 7.86. The fraction of sp³-hybridized carbons (Fsp3) is 0.381. The van der Waals surface area contributed by atoms with E-state index in [1.807, 2.05) is 13.0 Å². The van der Waals surface area contributed by atoms with E-state index in [1.54, 1.807) is 29.3 Å². The molecule has 0 bridgehead atoms. The average molecular weight is 431 g/mol. The number of carbonyl (C=O) groups is 1. The molecule has 8 nitrogen and oxygen atoms in total. The Morgan fingerprint density at radius 3 is 3.00 bits per heavy atom. The van der Waals surface area contributed by atoms with Gasteiger partial charge in [-0.15, -0.1) is 0 Å². The predicted molar refractivity (Wildman–Crippen MR) is 113 cm³/mol. The molecule has 1 amide bonds. The number of benzene rings is 1. The molecule has 2 aromatic heterocycles. The number of likely N-dealkylation sites (tertiary alicyclic amines) is 1. The van der Waals surface area contributed by atoms with Gasteiger partial charge in [0.15, 0.2) is 11.3 Å². The van der Waals surface area contributed by atoms with Gasteiger partial charge in [0.25, 0.3) is 11.9 Å². The quantitative estimate of drug-likeness (QED) is 0.598. The smallest absolute Gasteiger partial charge is 0.296 e. The molecule has 3 aromatic rings. The summed E-state index contributed by atoms with van der Waals surface area (Å²) in [6.45, 7) is 3.43. The van der Waals surface area contributed by atoms with Gasteiger partial charge in [0.1, 0.15) is 10.7 Å². The van der Waals surface area contributed by atoms with E-state index in [0.717, 1.165) is 5.56 Å². The van der Waals surface area contributed by atoms with Crippen molar-refractivity contribution in [2.24, 2.45) is 5.92 Å². The summed E-state index contributed by atoms with van der Waals surface area (Å²) in [5.74, 6) is 0.365. The maximum Gasteiger partial charge on any atom is 0.296 e. The Hall–Kier alpha value is -2.84. The molecule has 2 N–H and O–H groups in total. The van der Waals surface area contributed by atoms with Crippen LogP contribution in [0.2, 0.25) is 5.15 Å². The van der Waals surface area contributed by atoms with Crippen LogP contribution in [0.25, 0.3) is 11.1 Å². The van der Waals surface area contributed by atoms with Gasteiger partial charge in [-0.25, -0.2) is 4.98 Å². The van der Waals surface area contributed by atoms with Gasteiger partial charge in [-0.1, -0.05) is 18.5 Å². The zero-order valence-electron chi connectivity index (χ0n) is 16.8. The third kappa shape index (κ3) is 4.20. The number of amides is 1. The van der Waals surface area contributed by atoms with Crippen LogP contribution in [-0.4, -0.2) is 52.2 Å². The van der Waals surface area contributed by atoms with Crippen molar-refractivity contribution >= 4 is 34.6 Å². The van der Waals surface area contributed by atoms with Crippen LogP contribution in [0.15, 0.2) is 34.9 Å². The van der Waals surface area contributed by atoms with Crippen LogP contribution in [0.5, 0.6) is 5.75 Å². The molecule has 0 aliphatic carbocycles. The van der Waals surface area contributed by atoms with E-state index in [0.29, 0.717) is 59.6 Å². The number of nitrogens with one attached hydrogen (secondary N) is 1. The molecule has 3 heterocycles. The lowest BCUT2D eigenvalue weighted by Crippen LogP contribution is -2.44. The Balaban J connectivity index is 1.56. The first kappa shape index (κ1) is 20.4. The van der Waals surface area contributed by atoms with E-state index < -0.39 is 0 Å². The van der Waals surface area contributed by atoms with Gasteiger partial charge >= 0.3 is 0 Å². The van der Waals surface area contributed by atoms with Crippen molar-refractivity contribution in [2.75, 3.05) is 25.5 Å². The van der Waals surface area contributed by atoms with Gasteiger partial charge in [-0.05, 0) is 42.2 Å². The summed E-state index contributed by atoms with van der Waals surface area (Å²) in [4.78, 5) is 23.2. The van der Waals surface area contributed by atoms with Crippen molar-refractivity contribution in [3.8, 4) is 5.75 Å². The van der Waals surface area contributed by atoms with Crippen molar-refractivity contribution in [3.05, 3.63) is 46.7 Å². The molecule has 9 heteroatoms. The number of aromatic nitrogens is 2. The number of carbonyl (C=O) groups excluding carboxylic acids is 1. The second-order valence-electron chi connectivity index (χ2n) is 7.47. The van der Waals surface area contributed by atoms with Gasteiger partial charge in [0.05, 0.1) is 13.2 Å². The third-order valence-corrected chi connectivity index (χ3v) is 5.51. The van der Waals surface area contributed by atoms with Gasteiger partial charge < -0.3 is 24.5 Å². The number of methoxy groups -OCH3 is 1. The zero-order chi connectivity index (χ0) is 21.3. The maximum absolute atomic E-state index is 13.0. The van der Waals surface area contributed by atoms with Gasteiger partial charge in [-0.3, -0.25) is 4.79 Å². The SMILES string of the molecule is COc1cc(C(=O)N2CCC(O)C(C)C2)cc2nc(NCc3ccnc(Cl)c3)oc12. The minimum Gasteiger partial charge on any atom is -0.493 e. The lowest BCUT2D eigenvalue weighted by Gasteiger charge is -2.34. The van der Waals surface area contributed by atoms with Crippen LogP contribution >= 0.6 is 11.6 Å². The number of nitrogens with zero attached hydrogens (tertiary/aromatic N) is 3. The molecule has 1 aromatic carbocycles. The van der Waals surface area contributed by atoms with Gasteiger partial charge in [-0.2, -0.15) is 4.98 Å². The van der Waals surface area contributed by atoms with Crippen molar-refractivity contribution < 1.29 is 19.1 Å². The summed E-state index contributed by atoms with van der Waals surface area (Å²) in [5, 5.41) is 13.4. The fourth-order valence-corrected chi connectivity index (χ4v) is 3.78. The number of hydrogen-bond donors (Lipinski definition) is 2. The molecule has 158 valence electrons. The molecule has 0 saturated carbocycles. The molecule has 1 fully saturated rings. The number of oxazole rings is 1. The van der Waals surface area contributed by atoms with E-state index in [2.05, 4.69) is 15.3 Å². The van der Waals surface area contributed by atoms with Gasteiger partial charge in [0, 0.05) is 31.4 Å². The van der Waals surface area contributed by atoms with E-state index >= 15 is 0 Å². The molecular weight excluding hydrogens is 408 g/mol. The normalized spacial score (nSPS) is 19.1. The highest BCUT2D eigenvalue weighted by Gasteiger charge is 2.28. The van der Waals surface area contributed by atoms with E-state index in [4.69, 9.17) is 20.8 Å². The van der Waals surface area contributed by atoms with Crippen molar-refractivity contribution in [1.82, 2.24) is 14.9 Å². The molecule has 2 atom stereocenters. The molecular formula is C21H23ClN4O4. The number of pyridine rings is 1. The van der Waals surface area contributed by atoms with Crippen LogP contribution in [0.1, 0.15) is 29.3 Å². The third-order valence-electron chi connectivity index (χ3n) is 5.30. The summed E-state index contributed by atoms with van der Waals surface area (Å²) < 4.78 is 11.2. The Morgan fingerprint density at radius 2 is 2.27 bits per heavy atom. The maximum atomic E-state index is 13.0. The van der Waals surface area contributed by atoms with Crippen LogP contribution < -0.4 is 10.1 Å². The highest BCUT2D eigenvalue weighted by atomic mass is 35.5. The molecule has 1 aliphatic rings. The molecule has 0 spiro atoms. The summed E-state index contributed by atoms with van der Waals surface area (Å²) in [6, 6.07) is 7.28. The number of hydrogen-bond acceptors (Lipinski definition) is 7. The molecule has 30 heavy (non-hydrogen) atoms. The summed E-state index contributed by atoms with van der Waals surface area (Å²) in [7, 11) is 1.52. The monoisotopic (exact) mass is 430 g/mol. The Labute approximate surface area is 178 Å². The molecule has 4 rings (SSSR count). The highest BCUT2D eigenvalue weighted by Crippen LogP contribution is 2.31. The van der Waals surface area contributed by atoms with E-state index in [1.165, 1.54) is 7.11 Å². The average Bonchev–Trinajstić information content (AvgIpc) is 3.16. The van der Waals surface area contributed by atoms with Crippen molar-refractivity contribution in [3.63, 3.8) is 0 Å². The number of fused-ring (bicyclic) bond motifs is 1. The number of aliphatic hydroxyl groups is 1. The lowest BCUT2D eigenvalue weighted by molar-refractivity contribution is 0.0297. The van der Waals surface area contributed by atoms with Crippen molar-refractivity contribution in [2.45, 2.75) is 26.0 Å². The number of anilines is 1. The molecule has 1 saturated heterocycles. The number of aliphatic hydroxyl groups excluding tert-OH is 1. The van der Waals surface area contributed by atoms with Crippen LogP contribution in [0.4, 0.5) is 6.01 Å². The van der Waals surface area contributed by atoms with Crippen LogP contribution in [-0.2, 0) is 6.54 Å². The molecule has 0 radical (unpaired) electrons. The summed E-state index contributed by atoms with van der Waals surface area (Å²) in [5.41, 5.74) is 2.40. The largest absolute Gasteiger partial charge is 0.493 e. The second kappa shape index (κ2) is 8.49. The van der Waals surface area contributed by atoms with Gasteiger partial charge in [0.2, 0.25) is 0 Å². The van der Waals surface area contributed by atoms with Crippen molar-refractivity contribution in [1.29, 1.82) is 0 Å². The minimum absolute atomic E-state index is 0.0397. The Kier molecular flexibility index (Phi) is 5.78. The first-order valence-electron chi connectivity index (χ1n) is 9.75. The number of piperidine rings is 1. The first-order chi connectivity index (χ1) is 14.4. The van der Waals surface area contributed by atoms with E-state index in [-0.39, 0.29) is 17.9 Å². The summed E-state index contributed by atoms with van der Waals surface area (Å²) >= 11 is 5.91. The fourth-order valence-electron chi connectivity index (χ4n) is 3.58. The molecule has 1 aliphatic heterocycles. The Bertz CT molecular complexity index is 1070. The standard InChI is InChI=1S/C21H23ClN4O4/c1-12-11-26(6-4-16(12)27)20(28)14-8-15-19(17(9-14)29-2)30-21(25-15)24-10-13-3-5-23-18(22)7-13/h3,5,7-9,12,16,27H,4,6,10-11H2,1-2H3,(H,24,25). The number of rotatable bonds is 5. The number of ether oxygens (including phenoxy) is 1. The molecule has 2 unspecified atom stereocenters. The first-order valence-corrected chi connectivity index (χ1v) is 10.1. The minimum atomic E-state index is -0.370. The lowest BCUT2D eigenvalue weighted by atomic mass is 9.96.